The predicted molar refractivity (Wildman–Crippen MR) is 141 cm³/mol. The van der Waals surface area contributed by atoms with Crippen LogP contribution in [-0.4, -0.2) is 31.8 Å². The summed E-state index contributed by atoms with van der Waals surface area (Å²) in [6, 6.07) is 22.8. The number of para-hydroxylation sites is 1. The quantitative estimate of drug-likeness (QED) is 0.409. The Morgan fingerprint density at radius 2 is 1.81 bits per heavy atom. The zero-order valence-electron chi connectivity index (χ0n) is 20.8. The van der Waals surface area contributed by atoms with Gasteiger partial charge in [-0.2, -0.15) is 0 Å². The molecule has 6 heteroatoms. The molecule has 188 valence electrons. The summed E-state index contributed by atoms with van der Waals surface area (Å²) in [5.74, 6) is 0.715. The van der Waals surface area contributed by atoms with Crippen molar-refractivity contribution in [2.75, 3.05) is 24.6 Å². The van der Waals surface area contributed by atoms with Crippen LogP contribution < -0.4 is 15.4 Å². The molecule has 0 amide bonds. The molecule has 0 radical (unpaired) electrons. The van der Waals surface area contributed by atoms with E-state index in [4.69, 9.17) is 19.9 Å². The number of rotatable bonds is 9. The van der Waals surface area contributed by atoms with Crippen molar-refractivity contribution in [1.29, 1.82) is 0 Å². The zero-order valence-corrected chi connectivity index (χ0v) is 20.8. The van der Waals surface area contributed by atoms with E-state index >= 15 is 0 Å². The van der Waals surface area contributed by atoms with Crippen LogP contribution in [0.5, 0.6) is 5.75 Å². The van der Waals surface area contributed by atoms with Gasteiger partial charge in [0.2, 0.25) is 0 Å². The third kappa shape index (κ3) is 5.40. The first-order valence-electron chi connectivity index (χ1n) is 12.7. The topological polar surface area (TPSA) is 74.0 Å². The van der Waals surface area contributed by atoms with E-state index in [0.29, 0.717) is 18.8 Å². The lowest BCUT2D eigenvalue weighted by Gasteiger charge is -2.48. The minimum absolute atomic E-state index is 0.0261. The molecule has 1 unspecified atom stereocenters. The molecule has 1 spiro atoms. The summed E-state index contributed by atoms with van der Waals surface area (Å²) in [4.78, 5) is 13.1. The Balaban J connectivity index is 1.42. The Morgan fingerprint density at radius 1 is 1.00 bits per heavy atom. The lowest BCUT2D eigenvalue weighted by molar-refractivity contribution is -0.158. The SMILES string of the molecule is CC(N)c1cccc(-c2cc(COc3ccccc3COC=O)cc(N3CCC4(CCO4)CC3)c2)c1. The number of carbonyl (C=O) groups excluding carboxylic acids is 1. The molecule has 0 aromatic heterocycles. The summed E-state index contributed by atoms with van der Waals surface area (Å²) in [6.07, 6.45) is 3.30. The molecule has 2 N–H and O–H groups in total. The van der Waals surface area contributed by atoms with Gasteiger partial charge >= 0.3 is 0 Å². The van der Waals surface area contributed by atoms with E-state index in [1.54, 1.807) is 0 Å². The van der Waals surface area contributed by atoms with E-state index in [-0.39, 0.29) is 18.2 Å². The molecule has 36 heavy (non-hydrogen) atoms. The van der Waals surface area contributed by atoms with Gasteiger partial charge in [-0.15, -0.1) is 0 Å². The van der Waals surface area contributed by atoms with Crippen molar-refractivity contribution in [3.05, 3.63) is 83.4 Å². The van der Waals surface area contributed by atoms with Crippen LogP contribution in [-0.2, 0) is 27.5 Å². The fourth-order valence-corrected chi connectivity index (χ4v) is 5.11. The van der Waals surface area contributed by atoms with Crippen LogP contribution >= 0.6 is 0 Å². The van der Waals surface area contributed by atoms with Gasteiger partial charge in [0.05, 0.1) is 12.2 Å². The Morgan fingerprint density at radius 3 is 2.53 bits per heavy atom. The zero-order chi connectivity index (χ0) is 25.0. The third-order valence-corrected chi connectivity index (χ3v) is 7.40. The van der Waals surface area contributed by atoms with Gasteiger partial charge in [0.15, 0.2) is 0 Å². The van der Waals surface area contributed by atoms with Crippen LogP contribution in [0.2, 0.25) is 0 Å². The van der Waals surface area contributed by atoms with E-state index in [0.717, 1.165) is 60.4 Å². The van der Waals surface area contributed by atoms with E-state index in [1.165, 1.54) is 12.1 Å². The minimum Gasteiger partial charge on any atom is -0.488 e. The summed E-state index contributed by atoms with van der Waals surface area (Å²) < 4.78 is 17.1. The molecule has 2 aliphatic heterocycles. The van der Waals surface area contributed by atoms with Crippen molar-refractivity contribution in [3.8, 4) is 16.9 Å². The van der Waals surface area contributed by atoms with Crippen LogP contribution in [0.1, 0.15) is 48.9 Å². The molecule has 1 atom stereocenters. The average molecular weight is 487 g/mol. The first-order valence-corrected chi connectivity index (χ1v) is 12.7. The number of nitrogens with two attached hydrogens (primary N) is 1. The monoisotopic (exact) mass is 486 g/mol. The van der Waals surface area contributed by atoms with Crippen molar-refractivity contribution in [3.63, 3.8) is 0 Å². The largest absolute Gasteiger partial charge is 0.488 e. The standard InChI is InChI=1S/C30H34N2O4/c1-22(31)24-6-4-7-25(17-24)27-15-23(19-35-29-8-3-2-5-26(29)20-34-21-33)16-28(18-27)32-12-9-30(10-13-32)11-14-36-30/h2-8,15-18,21-22H,9-14,19-20,31H2,1H3. The van der Waals surface area contributed by atoms with Gasteiger partial charge in [-0.3, -0.25) is 4.79 Å². The van der Waals surface area contributed by atoms with Crippen molar-refractivity contribution < 1.29 is 19.0 Å². The second kappa shape index (κ2) is 10.7. The third-order valence-electron chi connectivity index (χ3n) is 7.40. The van der Waals surface area contributed by atoms with Crippen LogP contribution in [0.25, 0.3) is 11.1 Å². The van der Waals surface area contributed by atoms with Crippen LogP contribution in [0.15, 0.2) is 66.7 Å². The molecule has 2 aliphatic rings. The molecular weight excluding hydrogens is 452 g/mol. The fraction of sp³-hybridized carbons (Fsp3) is 0.367. The second-order valence-electron chi connectivity index (χ2n) is 9.87. The summed E-state index contributed by atoms with van der Waals surface area (Å²) in [7, 11) is 0. The molecule has 0 aliphatic carbocycles. The predicted octanol–water partition coefficient (Wildman–Crippen LogP) is 5.38. The fourth-order valence-electron chi connectivity index (χ4n) is 5.11. The Labute approximate surface area is 213 Å². The molecule has 2 heterocycles. The van der Waals surface area contributed by atoms with Crippen LogP contribution in [0.4, 0.5) is 5.69 Å². The maximum atomic E-state index is 10.7. The molecule has 6 nitrogen and oxygen atoms in total. The maximum absolute atomic E-state index is 10.7. The van der Waals surface area contributed by atoms with Crippen molar-refractivity contribution in [1.82, 2.24) is 0 Å². The smallest absolute Gasteiger partial charge is 0.293 e. The minimum atomic E-state index is -0.0261. The van der Waals surface area contributed by atoms with E-state index in [2.05, 4.69) is 47.4 Å². The first kappa shape index (κ1) is 24.3. The number of nitrogens with zero attached hydrogens (tertiary/aromatic N) is 1. The van der Waals surface area contributed by atoms with Gasteiger partial charge in [-0.25, -0.2) is 0 Å². The van der Waals surface area contributed by atoms with Gasteiger partial charge < -0.3 is 24.8 Å². The van der Waals surface area contributed by atoms with Gasteiger partial charge in [0, 0.05) is 30.4 Å². The molecule has 2 saturated heterocycles. The normalized spacial score (nSPS) is 17.3. The molecule has 3 aromatic carbocycles. The lowest BCUT2D eigenvalue weighted by Crippen LogP contribution is -2.52. The Bertz CT molecular complexity index is 1200. The second-order valence-corrected chi connectivity index (χ2v) is 9.87. The highest BCUT2D eigenvalue weighted by molar-refractivity contribution is 5.70. The summed E-state index contributed by atoms with van der Waals surface area (Å²) in [6.45, 7) is 5.92. The van der Waals surface area contributed by atoms with E-state index in [9.17, 15) is 4.79 Å². The van der Waals surface area contributed by atoms with Gasteiger partial charge in [0.1, 0.15) is 19.0 Å². The van der Waals surface area contributed by atoms with Gasteiger partial charge in [-0.1, -0.05) is 36.4 Å². The summed E-state index contributed by atoms with van der Waals surface area (Å²) in [5, 5.41) is 0. The first-order chi connectivity index (χ1) is 17.5. The molecular formula is C30H34N2O4. The maximum Gasteiger partial charge on any atom is 0.293 e. The number of benzene rings is 3. The molecule has 3 aromatic rings. The number of hydrogen-bond acceptors (Lipinski definition) is 6. The summed E-state index contributed by atoms with van der Waals surface area (Å²) in [5.41, 5.74) is 12.8. The van der Waals surface area contributed by atoms with E-state index < -0.39 is 0 Å². The van der Waals surface area contributed by atoms with Crippen LogP contribution in [0.3, 0.4) is 0 Å². The molecule has 5 rings (SSSR count). The highest BCUT2D eigenvalue weighted by Crippen LogP contribution is 2.39. The Hall–Kier alpha value is -3.35. The number of ether oxygens (including phenoxy) is 3. The highest BCUT2D eigenvalue weighted by atomic mass is 16.5. The summed E-state index contributed by atoms with van der Waals surface area (Å²) >= 11 is 0. The Kier molecular flexibility index (Phi) is 7.25. The lowest BCUT2D eigenvalue weighted by atomic mass is 9.84. The number of carbonyl (C=O) groups is 1. The van der Waals surface area contributed by atoms with Crippen molar-refractivity contribution in [2.24, 2.45) is 5.73 Å². The average Bonchev–Trinajstić information content (AvgIpc) is 2.90. The van der Waals surface area contributed by atoms with Gasteiger partial charge in [-0.05, 0) is 78.8 Å². The van der Waals surface area contributed by atoms with Gasteiger partial charge in [0.25, 0.3) is 6.47 Å². The molecule has 0 saturated carbocycles. The number of anilines is 1. The van der Waals surface area contributed by atoms with Crippen molar-refractivity contribution >= 4 is 12.2 Å². The molecule has 2 fully saturated rings. The van der Waals surface area contributed by atoms with Crippen LogP contribution in [0, 0.1) is 0 Å². The number of piperidine rings is 1. The van der Waals surface area contributed by atoms with Crippen molar-refractivity contribution in [2.45, 2.75) is 51.0 Å². The number of hydrogen-bond donors (Lipinski definition) is 1. The highest BCUT2D eigenvalue weighted by Gasteiger charge is 2.41. The van der Waals surface area contributed by atoms with E-state index in [1.807, 2.05) is 31.2 Å². The molecule has 0 bridgehead atoms.